The van der Waals surface area contributed by atoms with E-state index in [4.69, 9.17) is 0 Å². The molecule has 0 radical (unpaired) electrons. The lowest BCUT2D eigenvalue weighted by molar-refractivity contribution is -0.0497. The van der Waals surface area contributed by atoms with E-state index in [1.54, 1.807) is 19.2 Å². The lowest BCUT2D eigenvalue weighted by Gasteiger charge is -2.20. The molecule has 1 aromatic heterocycles. The predicted molar refractivity (Wildman–Crippen MR) is 76.6 cm³/mol. The number of nitrogens with one attached hydrogen (secondary N) is 1. The molecule has 2 aromatic rings. The normalized spacial score (nSPS) is 11.9. The molecule has 3 nitrogen and oxygen atoms in total. The van der Waals surface area contributed by atoms with Gasteiger partial charge in [0.2, 0.25) is 0 Å². The largest absolute Gasteiger partial charge is 0.435 e. The van der Waals surface area contributed by atoms with Crippen molar-refractivity contribution in [2.45, 2.75) is 32.8 Å². The number of ether oxygens (including phenoxy) is 1. The van der Waals surface area contributed by atoms with E-state index in [0.717, 1.165) is 22.3 Å². The third-order valence-electron chi connectivity index (χ3n) is 3.04. The number of benzene rings is 1. The lowest BCUT2D eigenvalue weighted by Crippen LogP contribution is -2.14. The fourth-order valence-corrected chi connectivity index (χ4v) is 1.97. The summed E-state index contributed by atoms with van der Waals surface area (Å²) in [6, 6.07) is 6.72. The second-order valence-electron chi connectivity index (χ2n) is 5.61. The molecule has 0 aliphatic carbocycles. The number of aromatic nitrogens is 1. The van der Waals surface area contributed by atoms with Gasteiger partial charge < -0.3 is 10.1 Å². The zero-order chi connectivity index (χ0) is 14.9. The molecule has 0 unspecified atom stereocenters. The Balaban J connectivity index is 2.59. The molecule has 0 atom stereocenters. The van der Waals surface area contributed by atoms with Gasteiger partial charge in [-0.1, -0.05) is 20.8 Å². The number of rotatable bonds is 3. The van der Waals surface area contributed by atoms with Crippen molar-refractivity contribution >= 4 is 16.6 Å². The van der Waals surface area contributed by atoms with Gasteiger partial charge in [-0.05, 0) is 24.3 Å². The molecular weight excluding hydrogens is 262 g/mol. The second-order valence-corrected chi connectivity index (χ2v) is 5.61. The van der Waals surface area contributed by atoms with Crippen LogP contribution in [0.15, 0.2) is 24.3 Å². The average molecular weight is 280 g/mol. The van der Waals surface area contributed by atoms with Gasteiger partial charge in [0, 0.05) is 29.2 Å². The van der Waals surface area contributed by atoms with Gasteiger partial charge in [-0.2, -0.15) is 8.78 Å². The highest BCUT2D eigenvalue weighted by Crippen LogP contribution is 2.31. The first-order chi connectivity index (χ1) is 9.31. The molecule has 2 rings (SSSR count). The van der Waals surface area contributed by atoms with Crippen molar-refractivity contribution in [1.82, 2.24) is 4.98 Å². The van der Waals surface area contributed by atoms with E-state index in [0.29, 0.717) is 0 Å². The van der Waals surface area contributed by atoms with Crippen LogP contribution in [-0.4, -0.2) is 18.6 Å². The molecule has 0 amide bonds. The van der Waals surface area contributed by atoms with E-state index in [-0.39, 0.29) is 11.2 Å². The Labute approximate surface area is 117 Å². The maximum Gasteiger partial charge on any atom is 0.387 e. The number of nitrogens with zero attached hydrogens (tertiary/aromatic N) is 1. The van der Waals surface area contributed by atoms with Gasteiger partial charge in [-0.3, -0.25) is 4.98 Å². The summed E-state index contributed by atoms with van der Waals surface area (Å²) in [7, 11) is 1.79. The predicted octanol–water partition coefficient (Wildman–Crippen LogP) is 4.18. The zero-order valence-corrected chi connectivity index (χ0v) is 12.0. The summed E-state index contributed by atoms with van der Waals surface area (Å²) in [5.41, 5.74) is 2.46. The van der Waals surface area contributed by atoms with E-state index in [1.807, 2.05) is 6.07 Å². The van der Waals surface area contributed by atoms with Crippen molar-refractivity contribution in [2.24, 2.45) is 0 Å². The molecule has 0 fully saturated rings. The molecule has 5 heteroatoms. The highest BCUT2D eigenvalue weighted by atomic mass is 19.3. The summed E-state index contributed by atoms with van der Waals surface area (Å²) in [6.45, 7) is 3.41. The summed E-state index contributed by atoms with van der Waals surface area (Å²) < 4.78 is 29.0. The van der Waals surface area contributed by atoms with Crippen LogP contribution in [0.2, 0.25) is 0 Å². The van der Waals surface area contributed by atoms with Crippen LogP contribution in [0.3, 0.4) is 0 Å². The van der Waals surface area contributed by atoms with Crippen molar-refractivity contribution < 1.29 is 13.5 Å². The molecule has 1 heterocycles. The smallest absolute Gasteiger partial charge is 0.387 e. The Morgan fingerprint density at radius 3 is 2.45 bits per heavy atom. The fourth-order valence-electron chi connectivity index (χ4n) is 1.97. The number of hydrogen-bond acceptors (Lipinski definition) is 3. The van der Waals surface area contributed by atoms with Gasteiger partial charge in [0.05, 0.1) is 5.52 Å². The summed E-state index contributed by atoms with van der Waals surface area (Å²) in [6.07, 6.45) is 0. The Bertz CT molecular complexity index is 621. The fraction of sp³-hybridized carbons (Fsp3) is 0.400. The van der Waals surface area contributed by atoms with Crippen LogP contribution in [0.5, 0.6) is 5.75 Å². The van der Waals surface area contributed by atoms with Crippen LogP contribution in [0.1, 0.15) is 26.5 Å². The molecule has 0 saturated heterocycles. The highest BCUT2D eigenvalue weighted by molar-refractivity contribution is 5.92. The van der Waals surface area contributed by atoms with Crippen molar-refractivity contribution in [3.63, 3.8) is 0 Å². The minimum absolute atomic E-state index is 0.0854. The molecule has 0 aliphatic rings. The van der Waals surface area contributed by atoms with Gasteiger partial charge in [-0.25, -0.2) is 0 Å². The average Bonchev–Trinajstić information content (AvgIpc) is 2.35. The van der Waals surface area contributed by atoms with Gasteiger partial charge in [0.15, 0.2) is 0 Å². The number of fused-ring (bicyclic) bond motifs is 1. The van der Waals surface area contributed by atoms with E-state index in [2.05, 4.69) is 35.8 Å². The van der Waals surface area contributed by atoms with Crippen LogP contribution in [0.25, 0.3) is 10.9 Å². The van der Waals surface area contributed by atoms with Gasteiger partial charge >= 0.3 is 6.61 Å². The van der Waals surface area contributed by atoms with E-state index >= 15 is 0 Å². The number of halogens is 2. The summed E-state index contributed by atoms with van der Waals surface area (Å²) in [4.78, 5) is 4.59. The van der Waals surface area contributed by atoms with Gasteiger partial charge in [0.25, 0.3) is 0 Å². The minimum Gasteiger partial charge on any atom is -0.435 e. The quantitative estimate of drug-likeness (QED) is 0.916. The van der Waals surface area contributed by atoms with Crippen LogP contribution >= 0.6 is 0 Å². The van der Waals surface area contributed by atoms with Crippen LogP contribution in [-0.2, 0) is 5.41 Å². The zero-order valence-electron chi connectivity index (χ0n) is 12.0. The SMILES string of the molecule is CNc1cc(C(C)(C)C)nc2ccc(OC(F)F)cc12. The van der Waals surface area contributed by atoms with Crippen LogP contribution in [0.4, 0.5) is 14.5 Å². The first-order valence-corrected chi connectivity index (χ1v) is 6.39. The van der Waals surface area contributed by atoms with Crippen molar-refractivity contribution in [2.75, 3.05) is 12.4 Å². The molecule has 0 saturated carbocycles. The maximum absolute atomic E-state index is 12.3. The monoisotopic (exact) mass is 280 g/mol. The minimum atomic E-state index is -2.83. The molecule has 108 valence electrons. The molecule has 0 bridgehead atoms. The van der Waals surface area contributed by atoms with E-state index in [9.17, 15) is 8.78 Å². The summed E-state index contributed by atoms with van der Waals surface area (Å²) in [5.74, 6) is 0.134. The lowest BCUT2D eigenvalue weighted by atomic mass is 9.90. The second kappa shape index (κ2) is 5.23. The first kappa shape index (κ1) is 14.5. The Morgan fingerprint density at radius 2 is 1.90 bits per heavy atom. The number of pyridine rings is 1. The van der Waals surface area contributed by atoms with Crippen molar-refractivity contribution in [1.29, 1.82) is 0 Å². The van der Waals surface area contributed by atoms with Gasteiger partial charge in [-0.15, -0.1) is 0 Å². The third-order valence-corrected chi connectivity index (χ3v) is 3.04. The van der Waals surface area contributed by atoms with Gasteiger partial charge in [0.1, 0.15) is 5.75 Å². The molecule has 0 spiro atoms. The van der Waals surface area contributed by atoms with Crippen LogP contribution < -0.4 is 10.1 Å². The van der Waals surface area contributed by atoms with E-state index < -0.39 is 6.61 Å². The molecule has 1 aromatic carbocycles. The highest BCUT2D eigenvalue weighted by Gasteiger charge is 2.18. The number of hydrogen-bond donors (Lipinski definition) is 1. The molecule has 0 aliphatic heterocycles. The molecule has 20 heavy (non-hydrogen) atoms. The van der Waals surface area contributed by atoms with Crippen LogP contribution in [0, 0.1) is 0 Å². The number of alkyl halides is 2. The summed E-state index contributed by atoms with van der Waals surface area (Å²) in [5, 5.41) is 3.84. The van der Waals surface area contributed by atoms with Crippen molar-refractivity contribution in [3.8, 4) is 5.75 Å². The standard InChI is InChI=1S/C15H18F2N2O/c1-15(2,3)13-8-12(18-4)10-7-9(20-14(16)17)5-6-11(10)19-13/h5-8,14H,1-4H3,(H,18,19). The molecule has 1 N–H and O–H groups in total. The Kier molecular flexibility index (Phi) is 3.79. The maximum atomic E-state index is 12.3. The summed E-state index contributed by atoms with van der Waals surface area (Å²) >= 11 is 0. The topological polar surface area (TPSA) is 34.2 Å². The first-order valence-electron chi connectivity index (χ1n) is 6.39. The number of anilines is 1. The third kappa shape index (κ3) is 2.98. The van der Waals surface area contributed by atoms with E-state index in [1.165, 1.54) is 6.07 Å². The Hall–Kier alpha value is -1.91. The molecular formula is C15H18F2N2O. The van der Waals surface area contributed by atoms with Crippen molar-refractivity contribution in [3.05, 3.63) is 30.0 Å². The Morgan fingerprint density at radius 1 is 1.20 bits per heavy atom.